The zero-order valence-electron chi connectivity index (χ0n) is 8.78. The van der Waals surface area contributed by atoms with Crippen molar-refractivity contribution in [1.29, 1.82) is 0 Å². The molecule has 0 unspecified atom stereocenters. The Morgan fingerprint density at radius 2 is 2.12 bits per heavy atom. The molecule has 86 valence electrons. The van der Waals surface area contributed by atoms with E-state index in [2.05, 4.69) is 12.1 Å². The van der Waals surface area contributed by atoms with Crippen molar-refractivity contribution in [3.8, 4) is 0 Å². The van der Waals surface area contributed by atoms with Crippen molar-refractivity contribution in [3.05, 3.63) is 34.2 Å². The fraction of sp³-hybridized carbons (Fsp3) is 0.333. The smallest absolute Gasteiger partial charge is 0.0632 e. The number of aliphatic hydroxyl groups is 1. The van der Waals surface area contributed by atoms with E-state index in [0.717, 1.165) is 28.3 Å². The van der Waals surface area contributed by atoms with Crippen molar-refractivity contribution in [1.82, 2.24) is 0 Å². The molecule has 0 radical (unpaired) electrons. The number of halogens is 1. The van der Waals surface area contributed by atoms with Gasteiger partial charge in [0.25, 0.3) is 0 Å². The molecule has 1 N–H and O–H groups in total. The number of benzene rings is 1. The molecule has 0 amide bonds. The van der Waals surface area contributed by atoms with Crippen LogP contribution in [0.5, 0.6) is 0 Å². The summed E-state index contributed by atoms with van der Waals surface area (Å²) in [7, 11) is 0. The van der Waals surface area contributed by atoms with Crippen molar-refractivity contribution in [2.75, 3.05) is 12.4 Å². The van der Waals surface area contributed by atoms with Gasteiger partial charge in [-0.25, -0.2) is 0 Å². The third-order valence-corrected chi connectivity index (χ3v) is 5.25. The maximum absolute atomic E-state index is 8.70. The van der Waals surface area contributed by atoms with Crippen LogP contribution in [-0.4, -0.2) is 17.5 Å². The molecule has 2 rings (SSSR count). The predicted molar refractivity (Wildman–Crippen MR) is 74.7 cm³/mol. The molecule has 0 saturated heterocycles. The van der Waals surface area contributed by atoms with Crippen LogP contribution in [0.1, 0.15) is 11.3 Å². The van der Waals surface area contributed by atoms with Crippen LogP contribution < -0.4 is 0 Å². The highest BCUT2D eigenvalue weighted by atomic mass is 35.5. The largest absolute Gasteiger partial charge is 0.396 e. The number of hydrogen-bond donors (Lipinski definition) is 1. The first kappa shape index (κ1) is 12.2. The van der Waals surface area contributed by atoms with Gasteiger partial charge < -0.3 is 5.11 Å². The van der Waals surface area contributed by atoms with Gasteiger partial charge >= 0.3 is 0 Å². The standard InChI is InChI=1S/C12H13ClOS2/c13-12-9-4-1-2-5-10(9)16-11(12)8-15-7-3-6-14/h1-2,4-5,14H,3,6-8H2. The Morgan fingerprint density at radius 3 is 2.88 bits per heavy atom. The van der Waals surface area contributed by atoms with Gasteiger partial charge in [0, 0.05) is 27.3 Å². The van der Waals surface area contributed by atoms with E-state index in [0.29, 0.717) is 0 Å². The molecule has 4 heteroatoms. The third-order valence-electron chi connectivity index (χ3n) is 2.28. The zero-order valence-corrected chi connectivity index (χ0v) is 11.2. The third kappa shape index (κ3) is 2.72. The quantitative estimate of drug-likeness (QED) is 0.825. The Morgan fingerprint density at radius 1 is 1.31 bits per heavy atom. The first-order valence-electron chi connectivity index (χ1n) is 5.17. The number of aliphatic hydroxyl groups excluding tert-OH is 1. The van der Waals surface area contributed by atoms with Gasteiger partial charge in [0.1, 0.15) is 0 Å². The zero-order chi connectivity index (χ0) is 11.4. The molecule has 0 spiro atoms. The lowest BCUT2D eigenvalue weighted by molar-refractivity contribution is 0.296. The summed E-state index contributed by atoms with van der Waals surface area (Å²) in [6, 6.07) is 8.23. The second kappa shape index (κ2) is 5.92. The summed E-state index contributed by atoms with van der Waals surface area (Å²) in [6.07, 6.45) is 0.854. The average Bonchev–Trinajstić information content (AvgIpc) is 2.63. The SMILES string of the molecule is OCCCSCc1sc2ccccc2c1Cl. The summed E-state index contributed by atoms with van der Waals surface area (Å²) in [5.74, 6) is 1.93. The Hall–Kier alpha value is -0.220. The second-order valence-electron chi connectivity index (χ2n) is 3.47. The molecule has 0 aliphatic rings. The number of fused-ring (bicyclic) bond motifs is 1. The van der Waals surface area contributed by atoms with Gasteiger partial charge in [-0.3, -0.25) is 0 Å². The van der Waals surface area contributed by atoms with Gasteiger partial charge in [0.2, 0.25) is 0 Å². The van der Waals surface area contributed by atoms with E-state index in [4.69, 9.17) is 16.7 Å². The number of rotatable bonds is 5. The lowest BCUT2D eigenvalue weighted by atomic mass is 10.2. The predicted octanol–water partition coefficient (Wildman–Crippen LogP) is 4.17. The highest BCUT2D eigenvalue weighted by molar-refractivity contribution is 7.98. The maximum atomic E-state index is 8.70. The van der Waals surface area contributed by atoms with Crippen LogP contribution in [0.4, 0.5) is 0 Å². The Labute approximate surface area is 108 Å². The molecular formula is C12H13ClOS2. The van der Waals surface area contributed by atoms with Crippen molar-refractivity contribution < 1.29 is 5.11 Å². The van der Waals surface area contributed by atoms with Crippen LogP contribution in [0.3, 0.4) is 0 Å². The summed E-state index contributed by atoms with van der Waals surface area (Å²) in [5.41, 5.74) is 0. The molecular weight excluding hydrogens is 260 g/mol. The summed E-state index contributed by atoms with van der Waals surface area (Å²) in [4.78, 5) is 1.24. The summed E-state index contributed by atoms with van der Waals surface area (Å²) < 4.78 is 1.25. The summed E-state index contributed by atoms with van der Waals surface area (Å²) in [6.45, 7) is 0.271. The molecule has 16 heavy (non-hydrogen) atoms. The summed E-state index contributed by atoms with van der Waals surface area (Å²) in [5, 5.41) is 10.8. The first-order valence-corrected chi connectivity index (χ1v) is 7.52. The minimum Gasteiger partial charge on any atom is -0.396 e. The van der Waals surface area contributed by atoms with E-state index in [-0.39, 0.29) is 6.61 Å². The molecule has 1 aromatic heterocycles. The Kier molecular flexibility index (Phi) is 4.53. The maximum Gasteiger partial charge on any atom is 0.0632 e. The molecule has 1 nitrogen and oxygen atoms in total. The fourth-order valence-electron chi connectivity index (χ4n) is 1.49. The molecule has 0 aliphatic carbocycles. The molecule has 0 atom stereocenters. The normalized spacial score (nSPS) is 11.1. The topological polar surface area (TPSA) is 20.2 Å². The average molecular weight is 273 g/mol. The van der Waals surface area contributed by atoms with Crippen molar-refractivity contribution in [2.45, 2.75) is 12.2 Å². The second-order valence-corrected chi connectivity index (χ2v) is 6.09. The van der Waals surface area contributed by atoms with E-state index in [1.165, 1.54) is 9.58 Å². The molecule has 0 fully saturated rings. The lowest BCUT2D eigenvalue weighted by Gasteiger charge is -1.98. The van der Waals surface area contributed by atoms with Crippen LogP contribution in [0, 0.1) is 0 Å². The lowest BCUT2D eigenvalue weighted by Crippen LogP contribution is -1.86. The highest BCUT2D eigenvalue weighted by Gasteiger charge is 2.09. The number of thioether (sulfide) groups is 1. The minimum atomic E-state index is 0.271. The number of thiophene rings is 1. The van der Waals surface area contributed by atoms with Crippen molar-refractivity contribution in [3.63, 3.8) is 0 Å². The molecule has 1 aromatic carbocycles. The molecule has 2 aromatic rings. The van der Waals surface area contributed by atoms with Gasteiger partial charge in [0.15, 0.2) is 0 Å². The fourth-order valence-corrected chi connectivity index (χ4v) is 4.16. The van der Waals surface area contributed by atoms with Gasteiger partial charge in [-0.2, -0.15) is 11.8 Å². The van der Waals surface area contributed by atoms with Crippen LogP contribution in [0.25, 0.3) is 10.1 Å². The number of hydrogen-bond acceptors (Lipinski definition) is 3. The van der Waals surface area contributed by atoms with Gasteiger partial charge in [-0.15, -0.1) is 11.3 Å². The minimum absolute atomic E-state index is 0.271. The van der Waals surface area contributed by atoms with Crippen LogP contribution in [-0.2, 0) is 5.75 Å². The van der Waals surface area contributed by atoms with Crippen LogP contribution in [0.2, 0.25) is 5.02 Å². The van der Waals surface area contributed by atoms with Gasteiger partial charge in [-0.05, 0) is 18.2 Å². The highest BCUT2D eigenvalue weighted by Crippen LogP contribution is 2.37. The van der Waals surface area contributed by atoms with Gasteiger partial charge in [0.05, 0.1) is 5.02 Å². The molecule has 1 heterocycles. The van der Waals surface area contributed by atoms with Crippen LogP contribution in [0.15, 0.2) is 24.3 Å². The van der Waals surface area contributed by atoms with E-state index in [9.17, 15) is 0 Å². The van der Waals surface area contributed by atoms with E-state index in [1.54, 1.807) is 11.3 Å². The Balaban J connectivity index is 2.09. The van der Waals surface area contributed by atoms with Gasteiger partial charge in [-0.1, -0.05) is 29.8 Å². The van der Waals surface area contributed by atoms with E-state index >= 15 is 0 Å². The molecule has 0 aliphatic heterocycles. The molecule has 0 saturated carbocycles. The molecule has 0 bridgehead atoms. The Bertz CT molecular complexity index is 467. The summed E-state index contributed by atoms with van der Waals surface area (Å²) >= 11 is 9.91. The monoisotopic (exact) mass is 272 g/mol. The van der Waals surface area contributed by atoms with Crippen molar-refractivity contribution >= 4 is 44.8 Å². The van der Waals surface area contributed by atoms with E-state index < -0.39 is 0 Å². The van der Waals surface area contributed by atoms with Crippen LogP contribution >= 0.6 is 34.7 Å². The van der Waals surface area contributed by atoms with E-state index in [1.807, 2.05) is 23.9 Å². The first-order chi connectivity index (χ1) is 7.83. The van der Waals surface area contributed by atoms with Crippen molar-refractivity contribution in [2.24, 2.45) is 0 Å².